The zero-order valence-electron chi connectivity index (χ0n) is 11.5. The topological polar surface area (TPSA) is 0 Å². The van der Waals surface area contributed by atoms with Gasteiger partial charge in [0.15, 0.2) is 0 Å². The van der Waals surface area contributed by atoms with Crippen LogP contribution >= 0.6 is 0 Å². The minimum Gasteiger partial charge on any atom is -0.102 e. The van der Waals surface area contributed by atoms with E-state index in [0.29, 0.717) is 5.41 Å². The second-order valence-electron chi connectivity index (χ2n) is 6.09. The van der Waals surface area contributed by atoms with Gasteiger partial charge in [0.1, 0.15) is 0 Å². The van der Waals surface area contributed by atoms with E-state index in [4.69, 9.17) is 0 Å². The van der Waals surface area contributed by atoms with E-state index in [2.05, 4.69) is 79.4 Å². The minimum absolute atomic E-state index is 0.173. The van der Waals surface area contributed by atoms with E-state index in [9.17, 15) is 0 Å². The van der Waals surface area contributed by atoms with Crippen molar-refractivity contribution in [1.29, 1.82) is 0 Å². The third kappa shape index (κ3) is 1.42. The van der Waals surface area contributed by atoms with Gasteiger partial charge in [0.25, 0.3) is 0 Å². The van der Waals surface area contributed by atoms with Gasteiger partial charge in [0.05, 0.1) is 0 Å². The van der Waals surface area contributed by atoms with Gasteiger partial charge in [0, 0.05) is 10.8 Å². The van der Waals surface area contributed by atoms with Crippen LogP contribution in [0.25, 0.3) is 5.57 Å². The first-order chi connectivity index (χ1) is 9.80. The van der Waals surface area contributed by atoms with Crippen LogP contribution in [-0.4, -0.2) is 0 Å². The molecule has 0 aliphatic heterocycles. The SMILES string of the molecule is C=CC1(c2ccccc2)CC12C=C(c1ccccc1)C2. The molecule has 0 aromatic heterocycles. The van der Waals surface area contributed by atoms with Crippen molar-refractivity contribution in [2.45, 2.75) is 18.3 Å². The Morgan fingerprint density at radius 3 is 2.10 bits per heavy atom. The fourth-order valence-electron chi connectivity index (χ4n) is 3.85. The van der Waals surface area contributed by atoms with Crippen LogP contribution in [0.2, 0.25) is 0 Å². The summed E-state index contributed by atoms with van der Waals surface area (Å²) in [5.41, 5.74) is 4.79. The van der Waals surface area contributed by atoms with Crippen molar-refractivity contribution in [3.05, 3.63) is 90.5 Å². The molecule has 0 amide bonds. The first-order valence-electron chi connectivity index (χ1n) is 7.26. The lowest BCUT2D eigenvalue weighted by atomic mass is 9.72. The maximum absolute atomic E-state index is 4.12. The number of allylic oxidation sites excluding steroid dienone is 3. The molecule has 0 N–H and O–H groups in total. The quantitative estimate of drug-likeness (QED) is 0.680. The minimum atomic E-state index is 0.173. The molecular formula is C20H18. The number of hydrogen-bond donors (Lipinski definition) is 0. The Morgan fingerprint density at radius 2 is 1.50 bits per heavy atom. The van der Waals surface area contributed by atoms with E-state index in [1.54, 1.807) is 0 Å². The van der Waals surface area contributed by atoms with Gasteiger partial charge in [-0.25, -0.2) is 0 Å². The Labute approximate surface area is 120 Å². The molecule has 0 saturated heterocycles. The molecule has 1 spiro atoms. The predicted molar refractivity (Wildman–Crippen MR) is 84.4 cm³/mol. The van der Waals surface area contributed by atoms with Crippen molar-refractivity contribution < 1.29 is 0 Å². The molecule has 2 atom stereocenters. The van der Waals surface area contributed by atoms with E-state index in [-0.39, 0.29) is 5.41 Å². The summed E-state index contributed by atoms with van der Waals surface area (Å²) >= 11 is 0. The molecule has 2 aromatic rings. The van der Waals surface area contributed by atoms with Gasteiger partial charge >= 0.3 is 0 Å². The Balaban J connectivity index is 1.68. The highest BCUT2D eigenvalue weighted by Gasteiger charge is 2.68. The van der Waals surface area contributed by atoms with Crippen molar-refractivity contribution in [2.75, 3.05) is 0 Å². The summed E-state index contributed by atoms with van der Waals surface area (Å²) in [6, 6.07) is 21.6. The van der Waals surface area contributed by atoms with Crippen LogP contribution in [0.3, 0.4) is 0 Å². The highest BCUT2D eigenvalue weighted by atomic mass is 14.7. The second-order valence-corrected chi connectivity index (χ2v) is 6.09. The fraction of sp³-hybridized carbons (Fsp3) is 0.200. The van der Waals surface area contributed by atoms with Crippen molar-refractivity contribution in [2.24, 2.45) is 5.41 Å². The lowest BCUT2D eigenvalue weighted by Gasteiger charge is -2.31. The Morgan fingerprint density at radius 1 is 0.900 bits per heavy atom. The lowest BCUT2D eigenvalue weighted by Crippen LogP contribution is -2.21. The highest BCUT2D eigenvalue weighted by Crippen LogP contribution is 2.74. The first kappa shape index (κ1) is 11.7. The zero-order chi connectivity index (χ0) is 13.6. The molecule has 0 heteroatoms. The molecule has 0 radical (unpaired) electrons. The average molecular weight is 258 g/mol. The van der Waals surface area contributed by atoms with Gasteiger partial charge in [-0.05, 0) is 29.5 Å². The first-order valence-corrected chi connectivity index (χ1v) is 7.26. The summed E-state index contributed by atoms with van der Waals surface area (Å²) in [5, 5.41) is 0. The summed E-state index contributed by atoms with van der Waals surface area (Å²) in [6.07, 6.45) is 7.04. The lowest BCUT2D eigenvalue weighted by molar-refractivity contribution is 0.547. The maximum Gasteiger partial charge on any atom is 0.0233 e. The standard InChI is InChI=1S/C20H18/c1-2-20(18-11-7-4-8-12-18)15-19(20)13-17(14-19)16-9-5-3-6-10-16/h2-13H,1,14-15H2. The van der Waals surface area contributed by atoms with Crippen LogP contribution < -0.4 is 0 Å². The molecule has 0 bridgehead atoms. The summed E-state index contributed by atoms with van der Waals surface area (Å²) in [4.78, 5) is 0. The van der Waals surface area contributed by atoms with Gasteiger partial charge in [-0.2, -0.15) is 0 Å². The van der Waals surface area contributed by atoms with E-state index >= 15 is 0 Å². The van der Waals surface area contributed by atoms with Crippen molar-refractivity contribution in [1.82, 2.24) is 0 Å². The molecule has 0 nitrogen and oxygen atoms in total. The van der Waals surface area contributed by atoms with E-state index in [1.165, 1.54) is 29.5 Å². The smallest absolute Gasteiger partial charge is 0.0233 e. The summed E-state index contributed by atoms with van der Waals surface area (Å²) in [5.74, 6) is 0. The Hall–Kier alpha value is -2.08. The van der Waals surface area contributed by atoms with Gasteiger partial charge < -0.3 is 0 Å². The molecule has 20 heavy (non-hydrogen) atoms. The number of hydrogen-bond acceptors (Lipinski definition) is 0. The van der Waals surface area contributed by atoms with Gasteiger partial charge in [-0.3, -0.25) is 0 Å². The van der Waals surface area contributed by atoms with Crippen LogP contribution in [0.15, 0.2) is 79.4 Å². The molecule has 1 fully saturated rings. The van der Waals surface area contributed by atoms with Crippen LogP contribution in [0, 0.1) is 5.41 Å². The predicted octanol–water partition coefficient (Wildman–Crippen LogP) is 4.99. The summed E-state index contributed by atoms with van der Waals surface area (Å²) < 4.78 is 0. The highest BCUT2D eigenvalue weighted by molar-refractivity contribution is 5.77. The third-order valence-electron chi connectivity index (χ3n) is 5.10. The molecule has 1 saturated carbocycles. The van der Waals surface area contributed by atoms with Crippen LogP contribution in [0.5, 0.6) is 0 Å². The molecule has 4 rings (SSSR count). The Bertz CT molecular complexity index is 680. The molecule has 98 valence electrons. The van der Waals surface area contributed by atoms with Crippen LogP contribution in [-0.2, 0) is 5.41 Å². The monoisotopic (exact) mass is 258 g/mol. The molecule has 2 aromatic carbocycles. The van der Waals surface area contributed by atoms with Crippen molar-refractivity contribution in [3.8, 4) is 0 Å². The van der Waals surface area contributed by atoms with Crippen molar-refractivity contribution in [3.63, 3.8) is 0 Å². The molecule has 0 heterocycles. The van der Waals surface area contributed by atoms with Gasteiger partial charge in [-0.1, -0.05) is 72.8 Å². The molecule has 2 unspecified atom stereocenters. The fourth-order valence-corrected chi connectivity index (χ4v) is 3.85. The second kappa shape index (κ2) is 3.96. The molecular weight excluding hydrogens is 240 g/mol. The largest absolute Gasteiger partial charge is 0.102 e. The molecule has 2 aliphatic carbocycles. The van der Waals surface area contributed by atoms with Crippen LogP contribution in [0.4, 0.5) is 0 Å². The van der Waals surface area contributed by atoms with Crippen LogP contribution in [0.1, 0.15) is 24.0 Å². The third-order valence-corrected chi connectivity index (χ3v) is 5.10. The van der Waals surface area contributed by atoms with Crippen molar-refractivity contribution >= 4 is 5.57 Å². The number of rotatable bonds is 3. The van der Waals surface area contributed by atoms with Gasteiger partial charge in [0.2, 0.25) is 0 Å². The number of benzene rings is 2. The summed E-state index contributed by atoms with van der Waals surface area (Å²) in [7, 11) is 0. The van der Waals surface area contributed by atoms with Gasteiger partial charge in [-0.15, -0.1) is 6.58 Å². The Kier molecular flexibility index (Phi) is 2.32. The van der Waals surface area contributed by atoms with E-state index < -0.39 is 0 Å². The summed E-state index contributed by atoms with van der Waals surface area (Å²) in [6.45, 7) is 4.12. The zero-order valence-corrected chi connectivity index (χ0v) is 11.5. The average Bonchev–Trinajstić information content (AvgIpc) is 3.18. The maximum atomic E-state index is 4.12. The molecule has 2 aliphatic rings. The normalized spacial score (nSPS) is 30.5. The van der Waals surface area contributed by atoms with E-state index in [1.807, 2.05) is 0 Å². The van der Waals surface area contributed by atoms with E-state index in [0.717, 1.165) is 0 Å².